The number of nitrogens with one attached hydrogen (secondary N) is 1. The molecule has 0 saturated heterocycles. The Morgan fingerprint density at radius 1 is 0.886 bits per heavy atom. The van der Waals surface area contributed by atoms with E-state index in [1.807, 2.05) is 25.1 Å². The predicted octanol–water partition coefficient (Wildman–Crippen LogP) is 6.84. The molecular formula is C33H33Cl2N3O5S. The molecule has 44 heavy (non-hydrogen) atoms. The zero-order valence-electron chi connectivity index (χ0n) is 24.5. The van der Waals surface area contributed by atoms with Crippen LogP contribution >= 0.6 is 23.2 Å². The second-order valence-corrected chi connectivity index (χ2v) is 12.8. The van der Waals surface area contributed by atoms with Crippen LogP contribution in [-0.2, 0) is 26.2 Å². The highest BCUT2D eigenvalue weighted by Crippen LogP contribution is 2.29. The SMILES string of the molecule is CCNC(=O)[C@@H](C)N(Cc1ccc(Cl)cc1Cl)C(=O)CN(c1ccc(Oc2ccccc2)cc1)S(=O)(=O)c1ccc(C)cc1. The smallest absolute Gasteiger partial charge is 0.264 e. The molecule has 1 N–H and O–H groups in total. The first-order valence-electron chi connectivity index (χ1n) is 13.9. The summed E-state index contributed by atoms with van der Waals surface area (Å²) in [6.07, 6.45) is 0. The lowest BCUT2D eigenvalue weighted by atomic mass is 10.1. The molecule has 11 heteroatoms. The number of para-hydroxylation sites is 1. The number of hydrogen-bond donors (Lipinski definition) is 1. The summed E-state index contributed by atoms with van der Waals surface area (Å²) in [7, 11) is -4.21. The van der Waals surface area contributed by atoms with Gasteiger partial charge in [0.1, 0.15) is 24.1 Å². The van der Waals surface area contributed by atoms with Crippen molar-refractivity contribution in [3.05, 3.63) is 118 Å². The molecule has 4 aromatic rings. The third kappa shape index (κ3) is 8.11. The summed E-state index contributed by atoms with van der Waals surface area (Å²) in [5, 5.41) is 3.47. The molecule has 0 aliphatic heterocycles. The molecule has 1 atom stereocenters. The molecule has 4 rings (SSSR count). The number of nitrogens with zero attached hydrogens (tertiary/aromatic N) is 2. The van der Waals surface area contributed by atoms with Gasteiger partial charge in [-0.25, -0.2) is 8.42 Å². The number of aryl methyl sites for hydroxylation is 1. The third-order valence-corrected chi connectivity index (χ3v) is 9.24. The average molecular weight is 655 g/mol. The number of sulfonamides is 1. The van der Waals surface area contributed by atoms with Gasteiger partial charge in [-0.3, -0.25) is 13.9 Å². The number of hydrogen-bond acceptors (Lipinski definition) is 5. The van der Waals surface area contributed by atoms with Crippen LogP contribution in [0.25, 0.3) is 0 Å². The van der Waals surface area contributed by atoms with Crippen LogP contribution in [0.5, 0.6) is 11.5 Å². The molecule has 2 amide bonds. The van der Waals surface area contributed by atoms with Gasteiger partial charge in [0, 0.05) is 23.1 Å². The third-order valence-electron chi connectivity index (χ3n) is 6.87. The summed E-state index contributed by atoms with van der Waals surface area (Å²) >= 11 is 12.5. The Morgan fingerprint density at radius 3 is 2.14 bits per heavy atom. The van der Waals surface area contributed by atoms with Crippen LogP contribution in [0, 0.1) is 6.92 Å². The van der Waals surface area contributed by atoms with Crippen molar-refractivity contribution in [2.45, 2.75) is 38.3 Å². The summed E-state index contributed by atoms with van der Waals surface area (Å²) in [4.78, 5) is 28.3. The molecule has 0 aromatic heterocycles. The summed E-state index contributed by atoms with van der Waals surface area (Å²) in [6, 6.07) is 25.9. The monoisotopic (exact) mass is 653 g/mol. The maximum Gasteiger partial charge on any atom is 0.264 e. The largest absolute Gasteiger partial charge is 0.457 e. The zero-order chi connectivity index (χ0) is 31.9. The van der Waals surface area contributed by atoms with Gasteiger partial charge in [0.2, 0.25) is 11.8 Å². The fraction of sp³-hybridized carbons (Fsp3) is 0.212. The van der Waals surface area contributed by atoms with Crippen molar-refractivity contribution in [2.24, 2.45) is 0 Å². The number of halogens is 2. The first kappa shape index (κ1) is 32.9. The molecule has 0 aliphatic carbocycles. The van der Waals surface area contributed by atoms with Crippen molar-refractivity contribution in [1.82, 2.24) is 10.2 Å². The van der Waals surface area contributed by atoms with Gasteiger partial charge in [0.05, 0.1) is 10.6 Å². The number of likely N-dealkylation sites (N-methyl/N-ethyl adjacent to an activating group) is 1. The molecule has 230 valence electrons. The first-order chi connectivity index (χ1) is 21.0. The standard InChI is InChI=1S/C33H33Cl2N3O5S/c1-4-36-33(40)24(3)37(21-25-12-13-26(34)20-31(25)35)32(39)22-38(44(41,42)30-18-10-23(2)11-19-30)27-14-16-29(17-15-27)43-28-8-6-5-7-9-28/h5-20,24H,4,21-22H2,1-3H3,(H,36,40)/t24-/m1/s1. The van der Waals surface area contributed by atoms with E-state index in [4.69, 9.17) is 27.9 Å². The van der Waals surface area contributed by atoms with Gasteiger partial charge in [-0.15, -0.1) is 0 Å². The highest BCUT2D eigenvalue weighted by atomic mass is 35.5. The highest BCUT2D eigenvalue weighted by Gasteiger charge is 2.32. The fourth-order valence-corrected chi connectivity index (χ4v) is 6.29. The number of rotatable bonds is 12. The van der Waals surface area contributed by atoms with Crippen LogP contribution in [0.4, 0.5) is 5.69 Å². The number of ether oxygens (including phenoxy) is 1. The van der Waals surface area contributed by atoms with E-state index in [0.717, 1.165) is 9.87 Å². The summed E-state index contributed by atoms with van der Waals surface area (Å²) in [5.74, 6) is 0.120. The second-order valence-electron chi connectivity index (χ2n) is 10.1. The summed E-state index contributed by atoms with van der Waals surface area (Å²) in [6.45, 7) is 4.94. The predicted molar refractivity (Wildman–Crippen MR) is 174 cm³/mol. The second kappa shape index (κ2) is 14.6. The molecule has 0 unspecified atom stereocenters. The molecule has 0 aliphatic rings. The minimum absolute atomic E-state index is 0.0181. The molecule has 0 heterocycles. The van der Waals surface area contributed by atoms with E-state index in [0.29, 0.717) is 33.7 Å². The Labute approximate surface area is 268 Å². The van der Waals surface area contributed by atoms with Crippen LogP contribution < -0.4 is 14.4 Å². The van der Waals surface area contributed by atoms with Crippen molar-refractivity contribution in [3.63, 3.8) is 0 Å². The van der Waals surface area contributed by atoms with E-state index >= 15 is 0 Å². The van der Waals surface area contributed by atoms with E-state index in [2.05, 4.69) is 5.32 Å². The van der Waals surface area contributed by atoms with Crippen molar-refractivity contribution in [1.29, 1.82) is 0 Å². The van der Waals surface area contributed by atoms with Gasteiger partial charge in [0.25, 0.3) is 10.0 Å². The van der Waals surface area contributed by atoms with Crippen molar-refractivity contribution in [2.75, 3.05) is 17.4 Å². The lowest BCUT2D eigenvalue weighted by Crippen LogP contribution is -2.51. The molecule has 0 bridgehead atoms. The van der Waals surface area contributed by atoms with Gasteiger partial charge in [-0.2, -0.15) is 0 Å². The number of amides is 2. The van der Waals surface area contributed by atoms with Crippen LogP contribution in [0.2, 0.25) is 10.0 Å². The number of anilines is 1. The van der Waals surface area contributed by atoms with Crippen molar-refractivity contribution >= 4 is 50.7 Å². The molecule has 0 saturated carbocycles. The molecule has 4 aromatic carbocycles. The van der Waals surface area contributed by atoms with E-state index in [1.54, 1.807) is 80.6 Å². The molecular weight excluding hydrogens is 621 g/mol. The van der Waals surface area contributed by atoms with E-state index < -0.39 is 28.5 Å². The van der Waals surface area contributed by atoms with Gasteiger partial charge >= 0.3 is 0 Å². The lowest BCUT2D eigenvalue weighted by molar-refractivity contribution is -0.139. The van der Waals surface area contributed by atoms with Gasteiger partial charge < -0.3 is 15.0 Å². The van der Waals surface area contributed by atoms with E-state index in [9.17, 15) is 18.0 Å². The average Bonchev–Trinajstić information content (AvgIpc) is 3.00. The highest BCUT2D eigenvalue weighted by molar-refractivity contribution is 7.92. The maximum absolute atomic E-state index is 14.0. The molecule has 0 radical (unpaired) electrons. The number of benzene rings is 4. The summed E-state index contributed by atoms with van der Waals surface area (Å²) in [5.41, 5.74) is 1.68. The number of carbonyl (C=O) groups is 2. The normalized spacial score (nSPS) is 11.8. The Bertz CT molecular complexity index is 1700. The zero-order valence-corrected chi connectivity index (χ0v) is 26.9. The summed E-state index contributed by atoms with van der Waals surface area (Å²) < 4.78 is 35.0. The minimum Gasteiger partial charge on any atom is -0.457 e. The topological polar surface area (TPSA) is 96.0 Å². The quantitative estimate of drug-likeness (QED) is 0.181. The Balaban J connectivity index is 1.71. The first-order valence-corrected chi connectivity index (χ1v) is 16.1. The van der Waals surface area contributed by atoms with Crippen LogP contribution in [0.3, 0.4) is 0 Å². The van der Waals surface area contributed by atoms with Gasteiger partial charge in [-0.05, 0) is 87.0 Å². The van der Waals surface area contributed by atoms with Crippen LogP contribution in [0.1, 0.15) is 25.0 Å². The number of carbonyl (C=O) groups excluding carboxylic acids is 2. The van der Waals surface area contributed by atoms with Crippen molar-refractivity contribution < 1.29 is 22.7 Å². The Morgan fingerprint density at radius 2 is 1.52 bits per heavy atom. The minimum atomic E-state index is -4.21. The van der Waals surface area contributed by atoms with Gasteiger partial charge in [-0.1, -0.05) is 65.2 Å². The Kier molecular flexibility index (Phi) is 10.9. The fourth-order valence-electron chi connectivity index (χ4n) is 4.41. The van der Waals surface area contributed by atoms with Crippen molar-refractivity contribution in [3.8, 4) is 11.5 Å². The van der Waals surface area contributed by atoms with Gasteiger partial charge in [0.15, 0.2) is 0 Å². The van der Waals surface area contributed by atoms with E-state index in [1.165, 1.54) is 17.0 Å². The molecule has 0 spiro atoms. The van der Waals surface area contributed by atoms with E-state index in [-0.39, 0.29) is 23.0 Å². The Hall–Kier alpha value is -4.05. The maximum atomic E-state index is 14.0. The molecule has 0 fully saturated rings. The molecule has 8 nitrogen and oxygen atoms in total. The van der Waals surface area contributed by atoms with Crippen LogP contribution in [0.15, 0.2) is 102 Å². The van der Waals surface area contributed by atoms with Crippen LogP contribution in [-0.4, -0.2) is 44.3 Å². The lowest BCUT2D eigenvalue weighted by Gasteiger charge is -2.32.